The molecule has 0 amide bonds. The van der Waals surface area contributed by atoms with E-state index in [0.717, 1.165) is 12.2 Å². The molecule has 0 radical (unpaired) electrons. The van der Waals surface area contributed by atoms with Crippen LogP contribution in [0.3, 0.4) is 0 Å². The van der Waals surface area contributed by atoms with Crippen molar-refractivity contribution in [2.24, 2.45) is 11.8 Å². The summed E-state index contributed by atoms with van der Waals surface area (Å²) in [5, 5.41) is 3.69. The van der Waals surface area contributed by atoms with Gasteiger partial charge < -0.3 is 18.6 Å². The van der Waals surface area contributed by atoms with Gasteiger partial charge in [0.05, 0.1) is 32.0 Å². The van der Waals surface area contributed by atoms with E-state index in [9.17, 15) is 0 Å². The molecule has 5 aromatic rings. The first-order valence-electron chi connectivity index (χ1n) is 16.3. The third-order valence-corrected chi connectivity index (χ3v) is 13.8. The fourth-order valence-electron chi connectivity index (χ4n) is 7.64. The first-order chi connectivity index (χ1) is 22.8. The Morgan fingerprint density at radius 3 is 1.50 bits per heavy atom. The second kappa shape index (κ2) is 12.9. The molecule has 0 unspecified atom stereocenters. The number of fused-ring (bicyclic) bond motifs is 3. The number of ether oxygens (including phenoxy) is 3. The average molecular weight is 623 g/mol. The fraction of sp³-hybridized carbons (Fsp3) is 0.220. The van der Waals surface area contributed by atoms with E-state index < -0.39 is 8.32 Å². The zero-order chi connectivity index (χ0) is 30.8. The van der Waals surface area contributed by atoms with Crippen molar-refractivity contribution in [3.63, 3.8) is 0 Å². The first kappa shape index (κ1) is 29.2. The molecule has 46 heavy (non-hydrogen) atoms. The van der Waals surface area contributed by atoms with E-state index >= 15 is 0 Å². The minimum Gasteiger partial charge on any atom is -0.483 e. The van der Waals surface area contributed by atoms with Crippen LogP contribution in [0, 0.1) is 11.8 Å². The van der Waals surface area contributed by atoms with Gasteiger partial charge in [-0.05, 0) is 33.1 Å². The van der Waals surface area contributed by atoms with Gasteiger partial charge in [-0.2, -0.15) is 0 Å². The molecule has 2 fully saturated rings. The highest BCUT2D eigenvalue weighted by atomic mass is 28.4. The van der Waals surface area contributed by atoms with E-state index in [2.05, 4.69) is 140 Å². The van der Waals surface area contributed by atoms with Crippen molar-refractivity contribution in [3.05, 3.63) is 174 Å². The lowest BCUT2D eigenvalue weighted by Gasteiger charge is -2.34. The van der Waals surface area contributed by atoms with E-state index in [0.29, 0.717) is 25.7 Å². The van der Waals surface area contributed by atoms with Crippen LogP contribution in [0.2, 0.25) is 0 Å². The van der Waals surface area contributed by atoms with Crippen LogP contribution in [-0.2, 0) is 31.9 Å². The Kier molecular flexibility index (Phi) is 8.15. The Hall–Kier alpha value is -4.26. The molecule has 8 rings (SSSR count). The van der Waals surface area contributed by atoms with Gasteiger partial charge in [0.1, 0.15) is 5.76 Å². The van der Waals surface area contributed by atoms with Crippen LogP contribution in [0.15, 0.2) is 163 Å². The Morgan fingerprint density at radius 1 is 0.543 bits per heavy atom. The summed E-state index contributed by atoms with van der Waals surface area (Å²) in [6, 6.07) is 53.2. The number of epoxide rings is 1. The number of hydrogen-bond donors (Lipinski definition) is 0. The monoisotopic (exact) mass is 622 g/mol. The molecule has 1 heterocycles. The van der Waals surface area contributed by atoms with Gasteiger partial charge in [0.2, 0.25) is 0 Å². The van der Waals surface area contributed by atoms with Gasteiger partial charge in [-0.25, -0.2) is 0 Å². The fourth-order valence-corrected chi connectivity index (χ4v) is 11.5. The van der Waals surface area contributed by atoms with E-state index in [1.165, 1.54) is 32.3 Å². The molecule has 5 atom stereocenters. The van der Waals surface area contributed by atoms with Crippen LogP contribution >= 0.6 is 0 Å². The van der Waals surface area contributed by atoms with Crippen molar-refractivity contribution in [2.45, 2.75) is 37.9 Å². The smallest absolute Gasteiger partial charge is 0.288 e. The molecule has 5 aromatic carbocycles. The van der Waals surface area contributed by atoms with Gasteiger partial charge in [0.25, 0.3) is 8.32 Å². The van der Waals surface area contributed by atoms with Crippen LogP contribution in [0.5, 0.6) is 0 Å². The summed E-state index contributed by atoms with van der Waals surface area (Å²) in [6.07, 6.45) is 0.933. The summed E-state index contributed by atoms with van der Waals surface area (Å²) in [7, 11) is -2.88. The van der Waals surface area contributed by atoms with E-state index in [4.69, 9.17) is 18.6 Å². The Labute approximate surface area is 272 Å². The molecule has 1 saturated heterocycles. The summed E-state index contributed by atoms with van der Waals surface area (Å²) >= 11 is 0. The Morgan fingerprint density at radius 2 is 1.00 bits per heavy atom. The zero-order valence-corrected chi connectivity index (χ0v) is 26.8. The maximum absolute atomic E-state index is 7.46. The number of benzene rings is 5. The third-order valence-electron chi connectivity index (χ3n) is 9.83. The number of hydrogen-bond acceptors (Lipinski definition) is 4. The third kappa shape index (κ3) is 5.54. The summed E-state index contributed by atoms with van der Waals surface area (Å²) in [5.41, 5.74) is 3.59. The van der Waals surface area contributed by atoms with Crippen LogP contribution in [-0.4, -0.2) is 33.2 Å². The quantitative estimate of drug-likeness (QED) is 0.0952. The van der Waals surface area contributed by atoms with Gasteiger partial charge >= 0.3 is 0 Å². The average Bonchev–Trinajstić information content (AvgIpc) is 3.75. The van der Waals surface area contributed by atoms with Gasteiger partial charge in [-0.1, -0.05) is 152 Å². The predicted molar refractivity (Wildman–Crippen MR) is 183 cm³/mol. The van der Waals surface area contributed by atoms with Crippen LogP contribution < -0.4 is 15.6 Å². The predicted octanol–water partition coefficient (Wildman–Crippen LogP) is 6.14. The highest BCUT2D eigenvalue weighted by Crippen LogP contribution is 2.58. The minimum atomic E-state index is -2.88. The molecular formula is C41H38O4Si. The lowest BCUT2D eigenvalue weighted by atomic mass is 9.92. The molecule has 0 N–H and O–H groups in total. The molecule has 0 bridgehead atoms. The van der Waals surface area contributed by atoms with Crippen molar-refractivity contribution >= 4 is 23.9 Å². The molecule has 0 spiro atoms. The maximum Gasteiger partial charge on any atom is 0.288 e. The van der Waals surface area contributed by atoms with E-state index in [-0.39, 0.29) is 24.2 Å². The lowest BCUT2D eigenvalue weighted by molar-refractivity contribution is -0.0806. The number of rotatable bonds is 12. The second-order valence-electron chi connectivity index (χ2n) is 12.5. The molecule has 1 saturated carbocycles. The summed E-state index contributed by atoms with van der Waals surface area (Å²) in [4.78, 5) is 0. The van der Waals surface area contributed by atoms with Gasteiger partial charge in [0.15, 0.2) is 6.10 Å². The highest BCUT2D eigenvalue weighted by molar-refractivity contribution is 7.07. The van der Waals surface area contributed by atoms with E-state index in [1.807, 2.05) is 12.1 Å². The molecule has 230 valence electrons. The molecular weight excluding hydrogens is 585 g/mol. The van der Waals surface area contributed by atoms with Gasteiger partial charge in [0, 0.05) is 17.4 Å². The van der Waals surface area contributed by atoms with Crippen LogP contribution in [0.1, 0.15) is 17.5 Å². The van der Waals surface area contributed by atoms with Crippen molar-refractivity contribution in [1.29, 1.82) is 0 Å². The minimum absolute atomic E-state index is 0.0287. The standard InChI is InChI=1S/C41H38O4Si/c1-6-16-30(17-7-1)27-42-37-26-35-38(41(37)43-28-31-18-8-2-9-19-31)36(40-39(35)45-40)29-44-46(32-20-10-3-11-21-32,33-22-12-4-13-23-33)34-24-14-5-15-25-34/h1-25,35,37-39,41H,26-29H2/t35-,37-,38+,39-,41-/m1/s1. The second-order valence-corrected chi connectivity index (χ2v) is 15.9. The Bertz CT molecular complexity index is 1670. The zero-order valence-electron chi connectivity index (χ0n) is 25.8. The van der Waals surface area contributed by atoms with Crippen LogP contribution in [0.25, 0.3) is 0 Å². The van der Waals surface area contributed by atoms with Crippen molar-refractivity contribution in [3.8, 4) is 0 Å². The van der Waals surface area contributed by atoms with Crippen molar-refractivity contribution < 1.29 is 18.6 Å². The van der Waals surface area contributed by atoms with Crippen LogP contribution in [0.4, 0.5) is 0 Å². The largest absolute Gasteiger partial charge is 0.483 e. The van der Waals surface area contributed by atoms with Crippen molar-refractivity contribution in [1.82, 2.24) is 0 Å². The SMILES string of the molecule is c1ccc(CO[C@H]2[C@@H]3C(CO[Si](c4ccccc4)(c4ccccc4)c4ccccc4)=C4O[C@@H]4[C@@H]3C[C@H]2OCc2ccccc2)cc1. The lowest BCUT2D eigenvalue weighted by Crippen LogP contribution is -2.69. The molecule has 4 nitrogen and oxygen atoms in total. The Balaban J connectivity index is 1.12. The van der Waals surface area contributed by atoms with Gasteiger partial charge in [-0.15, -0.1) is 0 Å². The normalized spacial score (nSPS) is 23.1. The maximum atomic E-state index is 7.46. The van der Waals surface area contributed by atoms with Gasteiger partial charge in [-0.3, -0.25) is 0 Å². The summed E-state index contributed by atoms with van der Waals surface area (Å²) in [6.45, 7) is 1.61. The van der Waals surface area contributed by atoms with Crippen molar-refractivity contribution in [2.75, 3.05) is 6.61 Å². The summed E-state index contributed by atoms with van der Waals surface area (Å²) in [5.74, 6) is 1.63. The van der Waals surface area contributed by atoms with E-state index in [1.54, 1.807) is 0 Å². The topological polar surface area (TPSA) is 40.2 Å². The summed E-state index contributed by atoms with van der Waals surface area (Å²) < 4.78 is 27.2. The molecule has 0 aromatic heterocycles. The molecule has 1 aliphatic heterocycles. The molecule has 2 aliphatic carbocycles. The molecule has 3 aliphatic rings. The molecule has 5 heteroatoms. The highest BCUT2D eigenvalue weighted by Gasteiger charge is 2.63. The first-order valence-corrected chi connectivity index (χ1v) is 18.2.